The number of hydrogen-bond acceptors (Lipinski definition) is 14. The fraction of sp³-hybridized carbons (Fsp3) is 0.268. The van der Waals surface area contributed by atoms with Gasteiger partial charge in [0.1, 0.15) is 23.8 Å². The molecule has 0 saturated heterocycles. The number of nitrogens with zero attached hydrogens (tertiary/aromatic N) is 8. The lowest BCUT2D eigenvalue weighted by atomic mass is 10.2. The molecule has 14 nitrogen and oxygen atoms in total. The van der Waals surface area contributed by atoms with Crippen molar-refractivity contribution in [2.45, 2.75) is 44.9 Å². The minimum absolute atomic E-state index is 0.423. The summed E-state index contributed by atoms with van der Waals surface area (Å²) in [6.07, 6.45) is 5.11. The summed E-state index contributed by atoms with van der Waals surface area (Å²) in [7, 11) is -4.00. The van der Waals surface area contributed by atoms with Gasteiger partial charge in [-0.1, -0.05) is 60.7 Å². The van der Waals surface area contributed by atoms with E-state index in [9.17, 15) is 25.9 Å². The molecule has 2 heterocycles. The third-order valence-corrected chi connectivity index (χ3v) is 11.4. The Hall–Kier alpha value is -5.24. The Balaban J connectivity index is 0.000000282. The van der Waals surface area contributed by atoms with E-state index in [2.05, 4.69) is 91.6 Å². The molecule has 0 aliphatic rings. The fourth-order valence-electron chi connectivity index (χ4n) is 5.34. The van der Waals surface area contributed by atoms with E-state index in [1.165, 1.54) is 11.4 Å². The Morgan fingerprint density at radius 2 is 0.898 bits per heavy atom. The summed E-state index contributed by atoms with van der Waals surface area (Å²) in [5.41, 5.74) is 5.12. The third-order valence-electron chi connectivity index (χ3n) is 8.44. The van der Waals surface area contributed by atoms with Gasteiger partial charge in [-0.25, -0.2) is 26.0 Å². The summed E-state index contributed by atoms with van der Waals surface area (Å²) in [4.78, 5) is 4.55. The van der Waals surface area contributed by atoms with Gasteiger partial charge in [0, 0.05) is 49.3 Å². The lowest BCUT2D eigenvalue weighted by Gasteiger charge is -2.23. The maximum absolute atomic E-state index is 10.2. The molecule has 0 amide bonds. The Morgan fingerprint density at radius 1 is 0.542 bits per heavy atom. The van der Waals surface area contributed by atoms with Crippen LogP contribution in [0.25, 0.3) is 0 Å². The van der Waals surface area contributed by atoms with Crippen molar-refractivity contribution in [1.29, 1.82) is 0 Å². The predicted molar refractivity (Wildman–Crippen MR) is 232 cm³/mol. The number of benzene rings is 4. The standard InChI is InChI=1S/C27H34N8S2.2C7H8O3S/c1-5-34-18-20-36-26(34)30-28-22-8-12-24(13-9-22)32(3)16-7-17-33(4)25-14-10-23(11-15-25)29-31-27-35(6-2)19-21-37-27;2*8-11(9,10)6-7-4-2-1-3-5-7/h8-15,18-21H,5-7,16-17H2,1-4H3;2*1-5H,6H2,(H,8,9,10)/q+2;;/p-2. The van der Waals surface area contributed by atoms with Gasteiger partial charge in [-0.3, -0.25) is 0 Å². The Labute approximate surface area is 355 Å². The third kappa shape index (κ3) is 17.3. The van der Waals surface area contributed by atoms with E-state index in [0.29, 0.717) is 11.1 Å². The van der Waals surface area contributed by atoms with Crippen LogP contribution in [0.2, 0.25) is 0 Å². The molecule has 6 rings (SSSR count). The van der Waals surface area contributed by atoms with Crippen LogP contribution in [0.1, 0.15) is 31.4 Å². The van der Waals surface area contributed by atoms with Gasteiger partial charge in [0.2, 0.25) is 0 Å². The molecule has 0 aliphatic carbocycles. The molecule has 2 aromatic heterocycles. The average molecular weight is 877 g/mol. The highest BCUT2D eigenvalue weighted by Gasteiger charge is 2.11. The molecule has 18 heteroatoms. The van der Waals surface area contributed by atoms with Crippen LogP contribution in [0, 0.1) is 0 Å². The van der Waals surface area contributed by atoms with E-state index in [1.807, 2.05) is 47.4 Å². The van der Waals surface area contributed by atoms with Gasteiger partial charge >= 0.3 is 10.3 Å². The summed E-state index contributed by atoms with van der Waals surface area (Å²) >= 11 is 3.19. The first kappa shape index (κ1) is 46.4. The fourth-order valence-corrected chi connectivity index (χ4v) is 8.03. The van der Waals surface area contributed by atoms with E-state index in [4.69, 9.17) is 0 Å². The number of azo groups is 2. The van der Waals surface area contributed by atoms with Crippen molar-refractivity contribution in [2.75, 3.05) is 37.0 Å². The average Bonchev–Trinajstić information content (AvgIpc) is 3.89. The number of thiazole rings is 2. The first-order valence-corrected chi connectivity index (χ1v) is 23.5. The van der Waals surface area contributed by atoms with E-state index in [0.717, 1.165) is 54.2 Å². The quantitative estimate of drug-likeness (QED) is 0.0527. The van der Waals surface area contributed by atoms with Crippen LogP contribution >= 0.6 is 22.7 Å². The molecule has 0 N–H and O–H groups in total. The van der Waals surface area contributed by atoms with Crippen LogP contribution in [0.4, 0.5) is 33.0 Å². The minimum Gasteiger partial charge on any atom is -0.748 e. The van der Waals surface area contributed by atoms with Crippen molar-refractivity contribution in [3.63, 3.8) is 0 Å². The number of hydrogen-bond donors (Lipinski definition) is 0. The molecular formula is C41H48N8O6S4. The number of rotatable bonds is 16. The predicted octanol–water partition coefficient (Wildman–Crippen LogP) is 8.68. The Kier molecular flexibility index (Phi) is 18.4. The summed E-state index contributed by atoms with van der Waals surface area (Å²) in [6.45, 7) is 7.91. The Bertz CT molecular complexity index is 2260. The van der Waals surface area contributed by atoms with Crippen LogP contribution in [-0.4, -0.2) is 53.1 Å². The molecule has 59 heavy (non-hydrogen) atoms. The van der Waals surface area contributed by atoms with E-state index in [1.54, 1.807) is 83.3 Å². The van der Waals surface area contributed by atoms with Crippen molar-refractivity contribution < 1.29 is 35.1 Å². The minimum atomic E-state index is -4.13. The maximum Gasteiger partial charge on any atom is 0.408 e. The molecule has 0 atom stereocenters. The van der Waals surface area contributed by atoms with Crippen LogP contribution in [0.15, 0.2) is 153 Å². The van der Waals surface area contributed by atoms with E-state index < -0.39 is 31.7 Å². The van der Waals surface area contributed by atoms with Gasteiger partial charge < -0.3 is 18.9 Å². The molecular weight excluding hydrogens is 829 g/mol. The van der Waals surface area contributed by atoms with Gasteiger partial charge in [-0.15, -0.1) is 0 Å². The molecule has 312 valence electrons. The van der Waals surface area contributed by atoms with Gasteiger partial charge in [0.25, 0.3) is 0 Å². The van der Waals surface area contributed by atoms with Gasteiger partial charge in [0.15, 0.2) is 0 Å². The summed E-state index contributed by atoms with van der Waals surface area (Å²) in [5, 5.41) is 23.4. The summed E-state index contributed by atoms with van der Waals surface area (Å²) in [5.74, 6) is -0.846. The first-order valence-electron chi connectivity index (χ1n) is 18.6. The lowest BCUT2D eigenvalue weighted by molar-refractivity contribution is -0.677. The monoisotopic (exact) mass is 876 g/mol. The van der Waals surface area contributed by atoms with Crippen LogP contribution < -0.4 is 18.9 Å². The van der Waals surface area contributed by atoms with E-state index >= 15 is 0 Å². The Morgan fingerprint density at radius 3 is 1.22 bits per heavy atom. The van der Waals surface area contributed by atoms with Crippen molar-refractivity contribution in [3.05, 3.63) is 143 Å². The zero-order valence-corrected chi connectivity index (χ0v) is 36.6. The second-order valence-corrected chi connectivity index (χ2v) is 17.5. The maximum atomic E-state index is 10.2. The molecule has 6 aromatic rings. The van der Waals surface area contributed by atoms with Crippen molar-refractivity contribution in [2.24, 2.45) is 20.5 Å². The molecule has 0 spiro atoms. The number of aromatic nitrogens is 2. The highest BCUT2D eigenvalue weighted by atomic mass is 32.2. The molecule has 0 radical (unpaired) electrons. The number of aryl methyl sites for hydroxylation is 2. The molecule has 4 aromatic carbocycles. The van der Waals surface area contributed by atoms with Crippen molar-refractivity contribution >= 4 is 75.9 Å². The lowest BCUT2D eigenvalue weighted by Crippen LogP contribution is -2.28. The zero-order chi connectivity index (χ0) is 42.7. The van der Waals surface area contributed by atoms with Crippen molar-refractivity contribution in [1.82, 2.24) is 0 Å². The van der Waals surface area contributed by atoms with Crippen LogP contribution in [0.3, 0.4) is 0 Å². The zero-order valence-electron chi connectivity index (χ0n) is 33.3. The molecule has 0 unspecified atom stereocenters. The topological polar surface area (TPSA) is 178 Å². The largest absolute Gasteiger partial charge is 0.748 e. The van der Waals surface area contributed by atoms with Gasteiger partial charge in [-0.05, 0) is 113 Å². The van der Waals surface area contributed by atoms with Gasteiger partial charge in [0.05, 0.1) is 55.1 Å². The molecule has 0 bridgehead atoms. The number of anilines is 2. The first-order chi connectivity index (χ1) is 28.2. The molecule has 0 aliphatic heterocycles. The van der Waals surface area contributed by atoms with Crippen LogP contribution in [-0.2, 0) is 44.8 Å². The van der Waals surface area contributed by atoms with Crippen molar-refractivity contribution in [3.8, 4) is 0 Å². The molecule has 0 fully saturated rings. The second kappa shape index (κ2) is 23.4. The van der Waals surface area contributed by atoms with Gasteiger partial charge in [-0.2, -0.15) is 0 Å². The summed E-state index contributed by atoms with van der Waals surface area (Å²) in [6, 6.07) is 33.2. The molecule has 0 saturated carbocycles. The SMILES string of the molecule is CC[n+]1ccsc1N=Nc1ccc(N(C)CCCN(C)c2ccc(N=Nc3scc[n+]3CC)cc2)cc1.O=S(=O)([O-])Cc1ccccc1.O=S(=O)([O-])Cc1ccccc1. The normalized spacial score (nSPS) is 11.5. The summed E-state index contributed by atoms with van der Waals surface area (Å²) < 4.78 is 65.6. The highest BCUT2D eigenvalue weighted by molar-refractivity contribution is 7.85. The van der Waals surface area contributed by atoms with E-state index in [-0.39, 0.29) is 0 Å². The highest BCUT2D eigenvalue weighted by Crippen LogP contribution is 2.24. The second-order valence-electron chi connectivity index (χ2n) is 12.9. The van der Waals surface area contributed by atoms with Crippen LogP contribution in [0.5, 0.6) is 0 Å². The smallest absolute Gasteiger partial charge is 0.408 e.